The SMILES string of the molecule is CC1(CN)NC(=O)N(c2ccc(Cl)c(C(F)(F)F)c2)C1=O. The molecule has 1 aromatic rings. The summed E-state index contributed by atoms with van der Waals surface area (Å²) in [5.41, 5.74) is 2.74. The van der Waals surface area contributed by atoms with E-state index in [1.165, 1.54) is 6.92 Å². The van der Waals surface area contributed by atoms with Crippen molar-refractivity contribution in [1.29, 1.82) is 0 Å². The van der Waals surface area contributed by atoms with Crippen LogP contribution in [0.5, 0.6) is 0 Å². The molecule has 0 aliphatic carbocycles. The Morgan fingerprint density at radius 1 is 1.38 bits per heavy atom. The smallest absolute Gasteiger partial charge is 0.328 e. The maximum Gasteiger partial charge on any atom is 0.417 e. The van der Waals surface area contributed by atoms with Gasteiger partial charge in [-0.15, -0.1) is 0 Å². The summed E-state index contributed by atoms with van der Waals surface area (Å²) in [6.07, 6.45) is -4.69. The Balaban J connectivity index is 2.49. The average molecular weight is 322 g/mol. The second-order valence-corrected chi connectivity index (χ2v) is 5.18. The van der Waals surface area contributed by atoms with Crippen LogP contribution in [0.15, 0.2) is 18.2 Å². The number of hydrogen-bond donors (Lipinski definition) is 2. The van der Waals surface area contributed by atoms with Gasteiger partial charge in [-0.05, 0) is 25.1 Å². The van der Waals surface area contributed by atoms with E-state index in [-0.39, 0.29) is 12.2 Å². The molecule has 3 amide bonds. The highest BCUT2D eigenvalue weighted by Gasteiger charge is 2.48. The van der Waals surface area contributed by atoms with Gasteiger partial charge >= 0.3 is 12.2 Å². The van der Waals surface area contributed by atoms with E-state index in [9.17, 15) is 22.8 Å². The van der Waals surface area contributed by atoms with Crippen molar-refractivity contribution in [2.75, 3.05) is 11.4 Å². The Morgan fingerprint density at radius 3 is 2.48 bits per heavy atom. The van der Waals surface area contributed by atoms with Gasteiger partial charge in [0.25, 0.3) is 5.91 Å². The summed E-state index contributed by atoms with van der Waals surface area (Å²) < 4.78 is 38.5. The quantitative estimate of drug-likeness (QED) is 0.819. The molecule has 1 atom stereocenters. The van der Waals surface area contributed by atoms with Crippen molar-refractivity contribution >= 4 is 29.2 Å². The fraction of sp³-hybridized carbons (Fsp3) is 0.333. The number of carbonyl (C=O) groups is 2. The fourth-order valence-corrected chi connectivity index (χ4v) is 2.15. The minimum Gasteiger partial charge on any atom is -0.328 e. The van der Waals surface area contributed by atoms with Gasteiger partial charge in [-0.2, -0.15) is 13.2 Å². The molecule has 0 spiro atoms. The summed E-state index contributed by atoms with van der Waals surface area (Å²) in [5.74, 6) is -0.717. The number of hydrogen-bond acceptors (Lipinski definition) is 3. The van der Waals surface area contributed by atoms with Crippen LogP contribution < -0.4 is 16.0 Å². The van der Waals surface area contributed by atoms with Gasteiger partial charge in [-0.1, -0.05) is 11.6 Å². The van der Waals surface area contributed by atoms with E-state index in [0.29, 0.717) is 11.0 Å². The van der Waals surface area contributed by atoms with E-state index in [0.717, 1.165) is 12.1 Å². The zero-order chi connectivity index (χ0) is 16.0. The van der Waals surface area contributed by atoms with Crippen molar-refractivity contribution in [3.8, 4) is 0 Å². The minimum atomic E-state index is -4.69. The highest BCUT2D eigenvalue weighted by Crippen LogP contribution is 2.37. The fourth-order valence-electron chi connectivity index (χ4n) is 1.93. The number of carbonyl (C=O) groups excluding carboxylic acids is 2. The lowest BCUT2D eigenvalue weighted by molar-refractivity contribution is -0.137. The van der Waals surface area contributed by atoms with Gasteiger partial charge in [0.2, 0.25) is 0 Å². The van der Waals surface area contributed by atoms with Crippen LogP contribution in [0.3, 0.4) is 0 Å². The topological polar surface area (TPSA) is 75.4 Å². The number of alkyl halides is 3. The molecule has 114 valence electrons. The molecule has 1 aromatic carbocycles. The van der Waals surface area contributed by atoms with Gasteiger partial charge in [-0.3, -0.25) is 4.79 Å². The number of urea groups is 1. The van der Waals surface area contributed by atoms with Crippen LogP contribution >= 0.6 is 11.6 Å². The third-order valence-electron chi connectivity index (χ3n) is 3.18. The zero-order valence-corrected chi connectivity index (χ0v) is 11.5. The van der Waals surface area contributed by atoms with E-state index in [4.69, 9.17) is 17.3 Å². The molecule has 1 aliphatic rings. The molecule has 1 fully saturated rings. The normalized spacial score (nSPS) is 22.7. The summed E-state index contributed by atoms with van der Waals surface area (Å²) >= 11 is 5.50. The maximum absolute atomic E-state index is 12.8. The van der Waals surface area contributed by atoms with Crippen LogP contribution in [-0.2, 0) is 11.0 Å². The van der Waals surface area contributed by atoms with Crippen LogP contribution in [0.2, 0.25) is 5.02 Å². The second-order valence-electron chi connectivity index (χ2n) is 4.77. The number of nitrogens with one attached hydrogen (secondary N) is 1. The van der Waals surface area contributed by atoms with Gasteiger partial charge in [0.05, 0.1) is 16.3 Å². The molecule has 1 unspecified atom stereocenters. The number of halogens is 4. The first-order chi connectivity index (χ1) is 9.60. The van der Waals surface area contributed by atoms with Gasteiger partial charge in [0.15, 0.2) is 0 Å². The van der Waals surface area contributed by atoms with Crippen LogP contribution in [0.25, 0.3) is 0 Å². The van der Waals surface area contributed by atoms with Crippen LogP contribution in [0.4, 0.5) is 23.7 Å². The molecule has 1 saturated heterocycles. The van der Waals surface area contributed by atoms with Gasteiger partial charge in [-0.25, -0.2) is 9.69 Å². The molecule has 0 aromatic heterocycles. The highest BCUT2D eigenvalue weighted by molar-refractivity contribution is 6.31. The van der Waals surface area contributed by atoms with Crippen molar-refractivity contribution in [3.63, 3.8) is 0 Å². The van der Waals surface area contributed by atoms with E-state index < -0.39 is 34.2 Å². The largest absolute Gasteiger partial charge is 0.417 e. The molecule has 2 rings (SSSR count). The first kappa shape index (κ1) is 15.6. The number of benzene rings is 1. The number of anilines is 1. The molecule has 0 bridgehead atoms. The molecule has 21 heavy (non-hydrogen) atoms. The first-order valence-electron chi connectivity index (χ1n) is 5.83. The third kappa shape index (κ3) is 2.56. The Hall–Kier alpha value is -1.80. The Bertz CT molecular complexity index is 620. The molecule has 5 nitrogen and oxygen atoms in total. The highest BCUT2D eigenvalue weighted by atomic mass is 35.5. The van der Waals surface area contributed by atoms with Crippen LogP contribution in [-0.4, -0.2) is 24.0 Å². The standard InChI is InChI=1S/C12H11ClF3N3O2/c1-11(5-17)9(20)19(10(21)18-11)6-2-3-8(13)7(4-6)12(14,15)16/h2-4H,5,17H2,1H3,(H,18,21). The van der Waals surface area contributed by atoms with Gasteiger partial charge in [0, 0.05) is 6.54 Å². The molecule has 1 heterocycles. The van der Waals surface area contributed by atoms with E-state index >= 15 is 0 Å². The molecular formula is C12H11ClF3N3O2. The predicted octanol–water partition coefficient (Wildman–Crippen LogP) is 2.13. The molecule has 0 saturated carbocycles. The summed E-state index contributed by atoms with van der Waals surface area (Å²) in [6.45, 7) is 1.22. The average Bonchev–Trinajstić information content (AvgIpc) is 2.61. The number of nitrogens with two attached hydrogens (primary N) is 1. The summed E-state index contributed by atoms with van der Waals surface area (Å²) in [7, 11) is 0. The summed E-state index contributed by atoms with van der Waals surface area (Å²) in [4.78, 5) is 24.6. The lowest BCUT2D eigenvalue weighted by atomic mass is 10.0. The van der Waals surface area contributed by atoms with Crippen molar-refractivity contribution < 1.29 is 22.8 Å². The molecule has 0 radical (unpaired) electrons. The maximum atomic E-state index is 12.8. The van der Waals surface area contributed by atoms with E-state index in [1.54, 1.807) is 0 Å². The third-order valence-corrected chi connectivity index (χ3v) is 3.51. The van der Waals surface area contributed by atoms with Crippen LogP contribution in [0.1, 0.15) is 12.5 Å². The van der Waals surface area contributed by atoms with E-state index in [2.05, 4.69) is 5.32 Å². The first-order valence-corrected chi connectivity index (χ1v) is 6.21. The molecule has 3 N–H and O–H groups in total. The summed E-state index contributed by atoms with van der Waals surface area (Å²) in [6, 6.07) is 1.97. The molecule has 1 aliphatic heterocycles. The lowest BCUT2D eigenvalue weighted by Gasteiger charge is -2.19. The minimum absolute atomic E-state index is 0.173. The number of imide groups is 1. The zero-order valence-electron chi connectivity index (χ0n) is 10.8. The van der Waals surface area contributed by atoms with Gasteiger partial charge in [0.1, 0.15) is 5.54 Å². The van der Waals surface area contributed by atoms with Gasteiger partial charge < -0.3 is 11.1 Å². The predicted molar refractivity (Wildman–Crippen MR) is 69.9 cm³/mol. The van der Waals surface area contributed by atoms with Crippen molar-refractivity contribution in [2.45, 2.75) is 18.6 Å². The lowest BCUT2D eigenvalue weighted by Crippen LogP contribution is -2.50. The van der Waals surface area contributed by atoms with E-state index in [1.807, 2.05) is 0 Å². The Labute approximate surface area is 122 Å². The second kappa shape index (κ2) is 4.88. The number of rotatable bonds is 2. The van der Waals surface area contributed by atoms with Crippen molar-refractivity contribution in [2.24, 2.45) is 5.73 Å². The van der Waals surface area contributed by atoms with Crippen molar-refractivity contribution in [3.05, 3.63) is 28.8 Å². The van der Waals surface area contributed by atoms with Crippen molar-refractivity contribution in [1.82, 2.24) is 5.32 Å². The van der Waals surface area contributed by atoms with Crippen LogP contribution in [0, 0.1) is 0 Å². The monoisotopic (exact) mass is 321 g/mol. The molecular weight excluding hydrogens is 311 g/mol. The Morgan fingerprint density at radius 2 is 2.00 bits per heavy atom. The number of amides is 3. The number of nitrogens with zero attached hydrogens (tertiary/aromatic N) is 1. The Kier molecular flexibility index (Phi) is 3.63. The summed E-state index contributed by atoms with van der Waals surface area (Å²) in [5, 5.41) is 1.84. The molecule has 9 heteroatoms.